The second-order valence-electron chi connectivity index (χ2n) is 2.11. The van der Waals surface area contributed by atoms with Crippen LogP contribution in [0.4, 0.5) is 5.69 Å². The fourth-order valence-electron chi connectivity index (χ4n) is 0.906. The van der Waals surface area contributed by atoms with Gasteiger partial charge in [0.25, 0.3) is 0 Å². The molecule has 11 heavy (non-hydrogen) atoms. The van der Waals surface area contributed by atoms with Crippen LogP contribution in [-0.2, 0) is 0 Å². The van der Waals surface area contributed by atoms with Gasteiger partial charge in [-0.2, -0.15) is 0 Å². The fraction of sp³-hybridized carbons (Fsp3) is 0. The van der Waals surface area contributed by atoms with E-state index in [-0.39, 0.29) is 40.3 Å². The van der Waals surface area contributed by atoms with Gasteiger partial charge in [-0.25, -0.2) is 0 Å². The first-order chi connectivity index (χ1) is 8.36. The standard InChI is InChI=1S/C10H9N/c11-10-7-3-5-8-4-1-2-6-9(8)10/h1-7H,11H2/i1D,3D,4D,5D,7D/hD2. The molecule has 2 aromatic carbocycles. The summed E-state index contributed by atoms with van der Waals surface area (Å²) in [5.41, 5.74) is 0.0464. The Balaban J connectivity index is 3.07. The molecular formula is C10H9N. The lowest BCUT2D eigenvalue weighted by Gasteiger charge is -1.98. The van der Waals surface area contributed by atoms with Crippen LogP contribution in [0.5, 0.6) is 0 Å². The molecule has 0 fully saturated rings. The number of fused-ring (bicyclic) bond motifs is 1. The first-order valence-electron chi connectivity index (χ1n) is 6.53. The summed E-state index contributed by atoms with van der Waals surface area (Å²) in [6.45, 7) is 0. The van der Waals surface area contributed by atoms with Gasteiger partial charge in [0.05, 0.1) is 6.85 Å². The molecule has 0 amide bonds. The van der Waals surface area contributed by atoms with Gasteiger partial charge >= 0.3 is 0 Å². The molecule has 0 saturated carbocycles. The maximum atomic E-state index is 7.75. The van der Waals surface area contributed by atoms with Crippen LogP contribution in [0.2, 0.25) is 2.82 Å². The van der Waals surface area contributed by atoms with E-state index in [1.807, 2.05) is 0 Å². The lowest BCUT2D eigenvalue weighted by molar-refractivity contribution is 1.73. The molecule has 0 aliphatic carbocycles. The molecule has 1 nitrogen and oxygen atoms in total. The third-order valence-corrected chi connectivity index (χ3v) is 1.42. The van der Waals surface area contributed by atoms with E-state index in [1.165, 1.54) is 12.1 Å². The van der Waals surface area contributed by atoms with Crippen molar-refractivity contribution in [3.63, 3.8) is 0 Å². The molecule has 2 N–H and O–H groups in total. The summed E-state index contributed by atoms with van der Waals surface area (Å²) in [7, 11) is 0. The SMILES string of the molecule is [2H]c1ccc2c(N([2H])[2H])c([2H])c([2H])c([2H])c2c1[2H]. The van der Waals surface area contributed by atoms with Crippen molar-refractivity contribution in [2.75, 3.05) is 5.72 Å². The van der Waals surface area contributed by atoms with Crippen molar-refractivity contribution >= 4 is 16.5 Å². The average Bonchev–Trinajstić information content (AvgIpc) is 2.30. The van der Waals surface area contributed by atoms with Crippen LogP contribution in [0.25, 0.3) is 10.8 Å². The molecule has 0 radical (unpaired) electrons. The Morgan fingerprint density at radius 3 is 3.09 bits per heavy atom. The van der Waals surface area contributed by atoms with Crippen molar-refractivity contribution in [2.45, 2.75) is 0 Å². The average molecular weight is 150 g/mol. The first kappa shape index (κ1) is 2.24. The summed E-state index contributed by atoms with van der Waals surface area (Å²) < 4.78 is 52.8. The molecule has 54 valence electrons. The van der Waals surface area contributed by atoms with E-state index >= 15 is 0 Å². The number of hydrogen-bond donors (Lipinski definition) is 1. The number of nitrogens with two attached hydrogens (primary N) is 1. The summed E-state index contributed by atoms with van der Waals surface area (Å²) in [6.07, 6.45) is 0. The zero-order valence-electron chi connectivity index (χ0n) is 12.6. The largest absolute Gasteiger partial charge is 0.398 e. The molecule has 0 aliphatic heterocycles. The Morgan fingerprint density at radius 2 is 2.18 bits per heavy atom. The highest BCUT2D eigenvalue weighted by atomic mass is 14.5. The van der Waals surface area contributed by atoms with Gasteiger partial charge in [0.15, 0.2) is 2.82 Å². The van der Waals surface area contributed by atoms with E-state index in [2.05, 4.69) is 0 Å². The molecule has 0 aromatic heterocycles. The minimum atomic E-state index is -0.443. The number of rotatable bonds is 1. The van der Waals surface area contributed by atoms with Crippen LogP contribution < -0.4 is 5.72 Å². The van der Waals surface area contributed by atoms with Crippen molar-refractivity contribution in [1.29, 1.82) is 0 Å². The predicted molar refractivity (Wildman–Crippen MR) is 48.4 cm³/mol. The Hall–Kier alpha value is -1.50. The number of anilines is 1. The third kappa shape index (κ3) is 0.944. The molecule has 0 saturated heterocycles. The minimum absolute atomic E-state index is 0.0306. The van der Waals surface area contributed by atoms with Gasteiger partial charge < -0.3 is 5.72 Å². The lowest BCUT2D eigenvalue weighted by atomic mass is 10.1. The Bertz CT molecular complexity index is 638. The van der Waals surface area contributed by atoms with E-state index in [4.69, 9.17) is 9.68 Å². The Morgan fingerprint density at radius 1 is 1.27 bits per heavy atom. The monoisotopic (exact) mass is 150 g/mol. The van der Waals surface area contributed by atoms with Crippen LogP contribution in [0.15, 0.2) is 42.3 Å². The summed E-state index contributed by atoms with van der Waals surface area (Å²) in [4.78, 5) is 0. The smallest absolute Gasteiger partial charge is 0.156 e. The molecule has 0 spiro atoms. The van der Waals surface area contributed by atoms with Gasteiger partial charge in [-0.3, -0.25) is 0 Å². The van der Waals surface area contributed by atoms with Crippen LogP contribution in [0.3, 0.4) is 0 Å². The molecule has 0 heterocycles. The molecular weight excluding hydrogens is 134 g/mol. The molecule has 0 unspecified atom stereocenters. The van der Waals surface area contributed by atoms with E-state index in [0.29, 0.717) is 0 Å². The van der Waals surface area contributed by atoms with Crippen molar-refractivity contribution in [3.8, 4) is 0 Å². The maximum absolute atomic E-state index is 7.75. The highest BCUT2D eigenvalue weighted by Gasteiger charge is 1.92. The molecule has 2 rings (SSSR count). The summed E-state index contributed by atoms with van der Waals surface area (Å²) in [5.74, 6) is 0. The second-order valence-corrected chi connectivity index (χ2v) is 2.11. The minimum Gasteiger partial charge on any atom is -0.398 e. The van der Waals surface area contributed by atoms with E-state index in [0.717, 1.165) is 0 Å². The van der Waals surface area contributed by atoms with Crippen molar-refractivity contribution in [2.24, 2.45) is 0 Å². The van der Waals surface area contributed by atoms with Crippen molar-refractivity contribution in [1.82, 2.24) is 0 Å². The van der Waals surface area contributed by atoms with Crippen molar-refractivity contribution < 1.29 is 9.68 Å². The van der Waals surface area contributed by atoms with Crippen molar-refractivity contribution in [3.05, 3.63) is 42.3 Å². The number of nitrogen functional groups attached to an aromatic ring is 1. The van der Waals surface area contributed by atoms with Gasteiger partial charge in [-0.15, -0.1) is 0 Å². The molecule has 0 aliphatic rings. The zero-order valence-corrected chi connectivity index (χ0v) is 5.60. The number of hydrogen-bond acceptors (Lipinski definition) is 1. The lowest BCUT2D eigenvalue weighted by Crippen LogP contribution is -1.84. The Kier molecular flexibility index (Phi) is 0.463. The van der Waals surface area contributed by atoms with Crippen LogP contribution >= 0.6 is 0 Å². The number of benzene rings is 2. The van der Waals surface area contributed by atoms with Gasteiger partial charge in [0, 0.05) is 11.1 Å². The first-order valence-corrected chi connectivity index (χ1v) is 3.13. The van der Waals surface area contributed by atoms with Crippen LogP contribution in [0.1, 0.15) is 6.85 Å². The van der Waals surface area contributed by atoms with Crippen LogP contribution in [0, 0.1) is 0 Å². The summed E-state index contributed by atoms with van der Waals surface area (Å²) in [5, 5.41) is 0.231. The highest BCUT2D eigenvalue weighted by Crippen LogP contribution is 2.19. The normalized spacial score (nSPS) is 18.7. The van der Waals surface area contributed by atoms with Gasteiger partial charge in [-0.05, 0) is 11.4 Å². The van der Waals surface area contributed by atoms with Gasteiger partial charge in [0.1, 0.15) is 0 Å². The molecule has 2 aromatic rings. The fourth-order valence-corrected chi connectivity index (χ4v) is 0.906. The van der Waals surface area contributed by atoms with Gasteiger partial charge in [-0.1, -0.05) is 36.3 Å². The van der Waals surface area contributed by atoms with E-state index in [1.54, 1.807) is 0 Å². The summed E-state index contributed by atoms with van der Waals surface area (Å²) in [6, 6.07) is 1.24. The molecule has 0 bridgehead atoms. The topological polar surface area (TPSA) is 26.0 Å². The highest BCUT2D eigenvalue weighted by molar-refractivity contribution is 5.92. The molecule has 0 atom stereocenters. The predicted octanol–water partition coefficient (Wildman–Crippen LogP) is 2.42. The summed E-state index contributed by atoms with van der Waals surface area (Å²) >= 11 is 0. The maximum Gasteiger partial charge on any atom is 0.156 e. The Labute approximate surface area is 75.4 Å². The van der Waals surface area contributed by atoms with E-state index < -0.39 is 12.1 Å². The zero-order chi connectivity index (χ0) is 13.6. The van der Waals surface area contributed by atoms with Crippen LogP contribution in [-0.4, -0.2) is 0 Å². The van der Waals surface area contributed by atoms with Gasteiger partial charge in [0.2, 0.25) is 0 Å². The molecule has 1 heteroatoms. The third-order valence-electron chi connectivity index (χ3n) is 1.42. The quantitative estimate of drug-likeness (QED) is 0.621. The van der Waals surface area contributed by atoms with E-state index in [9.17, 15) is 0 Å². The second kappa shape index (κ2) is 2.27.